The van der Waals surface area contributed by atoms with E-state index in [2.05, 4.69) is 14.9 Å². The fraction of sp³-hybridized carbons (Fsp3) is 0.500. The minimum absolute atomic E-state index is 0.479. The zero-order chi connectivity index (χ0) is 9.80. The molecular formula is C8H12N4S2. The van der Waals surface area contributed by atoms with Gasteiger partial charge in [-0.25, -0.2) is 9.97 Å². The van der Waals surface area contributed by atoms with Crippen molar-refractivity contribution in [1.29, 1.82) is 0 Å². The molecule has 1 aliphatic heterocycles. The number of rotatable bonds is 1. The molecule has 1 aliphatic rings. The Morgan fingerprint density at radius 2 is 1.86 bits per heavy atom. The van der Waals surface area contributed by atoms with E-state index < -0.39 is 0 Å². The molecule has 14 heavy (non-hydrogen) atoms. The smallest absolute Gasteiger partial charge is 0.147 e. The molecule has 0 bridgehead atoms. The van der Waals surface area contributed by atoms with Crippen LogP contribution in [0.4, 0.5) is 11.6 Å². The average molecular weight is 228 g/mol. The van der Waals surface area contributed by atoms with Crippen LogP contribution >= 0.6 is 21.6 Å². The quantitative estimate of drug-likeness (QED) is 0.730. The highest BCUT2D eigenvalue weighted by atomic mass is 33.1. The van der Waals surface area contributed by atoms with Crippen molar-refractivity contribution in [2.24, 2.45) is 0 Å². The summed E-state index contributed by atoms with van der Waals surface area (Å²) < 4.78 is 0. The van der Waals surface area contributed by atoms with E-state index in [-0.39, 0.29) is 0 Å². The number of nitrogens with two attached hydrogens (primary N) is 1. The van der Waals surface area contributed by atoms with E-state index >= 15 is 0 Å². The van der Waals surface area contributed by atoms with Gasteiger partial charge in [0.2, 0.25) is 0 Å². The van der Waals surface area contributed by atoms with Crippen molar-refractivity contribution < 1.29 is 0 Å². The Kier molecular flexibility index (Phi) is 3.36. The minimum atomic E-state index is 0.479. The lowest BCUT2D eigenvalue weighted by Gasteiger charge is -2.19. The summed E-state index contributed by atoms with van der Waals surface area (Å²) in [4.78, 5) is 10.6. The van der Waals surface area contributed by atoms with Gasteiger partial charge in [-0.1, -0.05) is 21.6 Å². The molecule has 0 spiro atoms. The van der Waals surface area contributed by atoms with Crippen LogP contribution in [0.5, 0.6) is 0 Å². The second kappa shape index (κ2) is 4.75. The van der Waals surface area contributed by atoms with Crippen molar-refractivity contribution in [3.05, 3.63) is 12.4 Å². The van der Waals surface area contributed by atoms with Crippen molar-refractivity contribution in [3.8, 4) is 0 Å². The average Bonchev–Trinajstić information content (AvgIpc) is 2.47. The molecule has 0 unspecified atom stereocenters. The summed E-state index contributed by atoms with van der Waals surface area (Å²) in [6, 6.07) is 0. The number of hydrogen-bond donors (Lipinski definition) is 1. The number of hydrogen-bond acceptors (Lipinski definition) is 6. The molecule has 2 N–H and O–H groups in total. The largest absolute Gasteiger partial charge is 0.382 e. The van der Waals surface area contributed by atoms with Gasteiger partial charge in [-0.2, -0.15) is 0 Å². The number of nitrogens with zero attached hydrogens (tertiary/aromatic N) is 3. The molecule has 76 valence electrons. The van der Waals surface area contributed by atoms with Gasteiger partial charge in [-0.3, -0.25) is 0 Å². The monoisotopic (exact) mass is 228 g/mol. The third kappa shape index (κ3) is 2.45. The van der Waals surface area contributed by atoms with E-state index in [9.17, 15) is 0 Å². The van der Waals surface area contributed by atoms with Gasteiger partial charge in [-0.05, 0) is 0 Å². The van der Waals surface area contributed by atoms with Crippen LogP contribution in [0.3, 0.4) is 0 Å². The Morgan fingerprint density at radius 3 is 2.43 bits per heavy atom. The molecule has 0 aliphatic carbocycles. The lowest BCUT2D eigenvalue weighted by atomic mass is 10.5. The Morgan fingerprint density at radius 1 is 1.14 bits per heavy atom. The molecule has 0 saturated carbocycles. The molecule has 2 rings (SSSR count). The zero-order valence-electron chi connectivity index (χ0n) is 7.72. The van der Waals surface area contributed by atoms with Gasteiger partial charge in [0.05, 0.1) is 12.4 Å². The molecule has 0 radical (unpaired) electrons. The molecule has 1 fully saturated rings. The number of nitrogen functional groups attached to an aromatic ring is 1. The van der Waals surface area contributed by atoms with E-state index in [0.717, 1.165) is 30.4 Å². The van der Waals surface area contributed by atoms with Crippen LogP contribution in [0.1, 0.15) is 0 Å². The van der Waals surface area contributed by atoms with Crippen molar-refractivity contribution >= 4 is 33.2 Å². The lowest BCUT2D eigenvalue weighted by molar-refractivity contribution is 0.857. The van der Waals surface area contributed by atoms with Gasteiger partial charge in [0.1, 0.15) is 11.6 Å². The van der Waals surface area contributed by atoms with Crippen LogP contribution in [-0.4, -0.2) is 34.6 Å². The lowest BCUT2D eigenvalue weighted by Crippen LogP contribution is -2.27. The molecule has 1 aromatic rings. The van der Waals surface area contributed by atoms with Crippen LogP contribution in [0, 0.1) is 0 Å². The van der Waals surface area contributed by atoms with Gasteiger partial charge in [0.25, 0.3) is 0 Å². The van der Waals surface area contributed by atoms with Gasteiger partial charge < -0.3 is 10.6 Å². The first-order chi connectivity index (χ1) is 6.86. The molecule has 0 amide bonds. The maximum absolute atomic E-state index is 5.49. The third-order valence-electron chi connectivity index (χ3n) is 1.95. The fourth-order valence-electron chi connectivity index (χ4n) is 1.25. The number of anilines is 2. The van der Waals surface area contributed by atoms with E-state index in [1.54, 1.807) is 12.4 Å². The Bertz CT molecular complexity index is 282. The molecule has 6 heteroatoms. The summed E-state index contributed by atoms with van der Waals surface area (Å²) in [5.74, 6) is 3.68. The Balaban J connectivity index is 2.08. The van der Waals surface area contributed by atoms with Crippen molar-refractivity contribution in [2.75, 3.05) is 35.2 Å². The second-order valence-electron chi connectivity index (χ2n) is 2.93. The summed E-state index contributed by atoms with van der Waals surface area (Å²) in [5.41, 5.74) is 5.49. The predicted molar refractivity (Wildman–Crippen MR) is 63.6 cm³/mol. The first kappa shape index (κ1) is 9.92. The molecule has 1 saturated heterocycles. The minimum Gasteiger partial charge on any atom is -0.382 e. The summed E-state index contributed by atoms with van der Waals surface area (Å²) in [6.07, 6.45) is 3.36. The van der Waals surface area contributed by atoms with Gasteiger partial charge in [-0.15, -0.1) is 0 Å². The highest BCUT2D eigenvalue weighted by molar-refractivity contribution is 8.76. The predicted octanol–water partition coefficient (Wildman–Crippen LogP) is 1.26. The number of aromatic nitrogens is 2. The van der Waals surface area contributed by atoms with Crippen LogP contribution in [-0.2, 0) is 0 Å². The standard InChI is InChI=1S/C8H12N4S2/c9-7-5-11-8(6-10-7)12-1-3-13-14-4-2-12/h5-6H,1-4H2,(H2,9,10). The Labute approximate surface area is 91.1 Å². The topological polar surface area (TPSA) is 55.0 Å². The van der Waals surface area contributed by atoms with Gasteiger partial charge in [0, 0.05) is 24.6 Å². The van der Waals surface area contributed by atoms with Crippen LogP contribution in [0.25, 0.3) is 0 Å². The second-order valence-corrected chi connectivity index (χ2v) is 5.63. The van der Waals surface area contributed by atoms with Gasteiger partial charge in [0.15, 0.2) is 0 Å². The van der Waals surface area contributed by atoms with E-state index in [4.69, 9.17) is 5.73 Å². The molecule has 0 aromatic carbocycles. The third-order valence-corrected chi connectivity index (χ3v) is 4.32. The highest BCUT2D eigenvalue weighted by Gasteiger charge is 2.11. The van der Waals surface area contributed by atoms with E-state index in [1.807, 2.05) is 21.6 Å². The molecular weight excluding hydrogens is 216 g/mol. The SMILES string of the molecule is Nc1cnc(N2CCSSCC2)cn1. The van der Waals surface area contributed by atoms with Crippen molar-refractivity contribution in [2.45, 2.75) is 0 Å². The first-order valence-electron chi connectivity index (χ1n) is 4.43. The summed E-state index contributed by atoms with van der Waals surface area (Å²) >= 11 is 0. The summed E-state index contributed by atoms with van der Waals surface area (Å²) in [6.45, 7) is 2.08. The highest BCUT2D eigenvalue weighted by Crippen LogP contribution is 2.25. The van der Waals surface area contributed by atoms with E-state index in [1.165, 1.54) is 0 Å². The normalized spacial score (nSPS) is 17.9. The van der Waals surface area contributed by atoms with Gasteiger partial charge >= 0.3 is 0 Å². The molecule has 0 atom stereocenters. The van der Waals surface area contributed by atoms with Crippen LogP contribution in [0.15, 0.2) is 12.4 Å². The van der Waals surface area contributed by atoms with Crippen molar-refractivity contribution in [1.82, 2.24) is 9.97 Å². The molecule has 4 nitrogen and oxygen atoms in total. The molecule has 2 heterocycles. The zero-order valence-corrected chi connectivity index (χ0v) is 9.35. The van der Waals surface area contributed by atoms with E-state index in [0.29, 0.717) is 5.82 Å². The maximum atomic E-state index is 5.49. The first-order valence-corrected chi connectivity index (χ1v) is 6.92. The van der Waals surface area contributed by atoms with Crippen molar-refractivity contribution in [3.63, 3.8) is 0 Å². The summed E-state index contributed by atoms with van der Waals surface area (Å²) in [7, 11) is 3.84. The summed E-state index contributed by atoms with van der Waals surface area (Å²) in [5, 5.41) is 0. The van der Waals surface area contributed by atoms with Crippen LogP contribution in [0.2, 0.25) is 0 Å². The maximum Gasteiger partial charge on any atom is 0.147 e. The Hall–Kier alpha value is -0.620. The van der Waals surface area contributed by atoms with Crippen LogP contribution < -0.4 is 10.6 Å². The fourth-order valence-corrected chi connectivity index (χ4v) is 3.23. The molecule has 1 aromatic heterocycles.